The van der Waals surface area contributed by atoms with Gasteiger partial charge in [0.15, 0.2) is 0 Å². The third-order valence-corrected chi connectivity index (χ3v) is 7.66. The molecule has 2 aliphatic rings. The second-order valence-corrected chi connectivity index (χ2v) is 9.36. The molecule has 1 aliphatic heterocycles. The first-order valence-electron chi connectivity index (χ1n) is 10.9. The number of piperidine rings is 1. The number of nitriles is 1. The maximum absolute atomic E-state index is 13.5. The minimum atomic E-state index is -0.0890. The van der Waals surface area contributed by atoms with Gasteiger partial charge in [0.05, 0.1) is 18.0 Å². The van der Waals surface area contributed by atoms with Crippen molar-refractivity contribution in [2.45, 2.75) is 57.7 Å². The quantitative estimate of drug-likeness (QED) is 0.610. The van der Waals surface area contributed by atoms with Crippen LogP contribution in [0.1, 0.15) is 44.3 Å². The third-order valence-electron chi connectivity index (χ3n) is 6.79. The number of hydrogen-bond donors (Lipinski definition) is 0. The van der Waals surface area contributed by atoms with E-state index in [1.54, 1.807) is 4.57 Å². The SMILES string of the molecule is N#CCn1c(CN2CCC[C@@H]3CCCC[C@@H]32)nc2scc(-c3ccccc3)c2c1=O. The number of rotatable bonds is 4. The van der Waals surface area contributed by atoms with Gasteiger partial charge in [-0.15, -0.1) is 11.3 Å². The molecule has 3 heterocycles. The molecule has 3 aromatic rings. The predicted molar refractivity (Wildman–Crippen MR) is 120 cm³/mol. The molecule has 0 N–H and O–H groups in total. The molecule has 2 aromatic heterocycles. The number of likely N-dealkylation sites (tertiary alicyclic amines) is 1. The molecule has 0 radical (unpaired) electrons. The van der Waals surface area contributed by atoms with E-state index < -0.39 is 0 Å². The average Bonchev–Trinajstić information content (AvgIpc) is 3.21. The zero-order valence-electron chi connectivity index (χ0n) is 17.1. The van der Waals surface area contributed by atoms with Gasteiger partial charge in [0.1, 0.15) is 17.2 Å². The normalized spacial score (nSPS) is 22.0. The fraction of sp³-hybridized carbons (Fsp3) is 0.458. The summed E-state index contributed by atoms with van der Waals surface area (Å²) in [5, 5.41) is 12.1. The Morgan fingerprint density at radius 2 is 1.93 bits per heavy atom. The highest BCUT2D eigenvalue weighted by molar-refractivity contribution is 7.17. The van der Waals surface area contributed by atoms with Gasteiger partial charge in [0, 0.05) is 17.0 Å². The highest BCUT2D eigenvalue weighted by Gasteiger charge is 2.33. The monoisotopic (exact) mass is 418 g/mol. The Hall–Kier alpha value is -2.49. The number of hydrogen-bond acceptors (Lipinski definition) is 5. The molecule has 1 aromatic carbocycles. The van der Waals surface area contributed by atoms with Crippen molar-refractivity contribution in [2.75, 3.05) is 6.54 Å². The second kappa shape index (κ2) is 8.33. The molecule has 0 bridgehead atoms. The minimum Gasteiger partial charge on any atom is -0.293 e. The van der Waals surface area contributed by atoms with Gasteiger partial charge in [0.25, 0.3) is 5.56 Å². The molecule has 0 amide bonds. The Balaban J connectivity index is 1.56. The Kier molecular flexibility index (Phi) is 5.41. The van der Waals surface area contributed by atoms with Crippen molar-refractivity contribution < 1.29 is 0 Å². The summed E-state index contributed by atoms with van der Waals surface area (Å²) >= 11 is 1.52. The van der Waals surface area contributed by atoms with Crippen molar-refractivity contribution in [3.05, 3.63) is 51.9 Å². The zero-order valence-corrected chi connectivity index (χ0v) is 17.9. The van der Waals surface area contributed by atoms with Crippen molar-refractivity contribution >= 4 is 21.6 Å². The maximum atomic E-state index is 13.5. The van der Waals surface area contributed by atoms with Crippen LogP contribution in [0.3, 0.4) is 0 Å². The second-order valence-electron chi connectivity index (χ2n) is 8.50. The van der Waals surface area contributed by atoms with Crippen molar-refractivity contribution in [3.63, 3.8) is 0 Å². The first-order chi connectivity index (χ1) is 14.8. The molecule has 0 spiro atoms. The molecule has 6 heteroatoms. The summed E-state index contributed by atoms with van der Waals surface area (Å²) in [5.41, 5.74) is 1.84. The van der Waals surface area contributed by atoms with Crippen molar-refractivity contribution in [1.82, 2.24) is 14.5 Å². The van der Waals surface area contributed by atoms with Gasteiger partial charge >= 0.3 is 0 Å². The molecule has 1 aliphatic carbocycles. The van der Waals surface area contributed by atoms with E-state index in [1.807, 2.05) is 35.7 Å². The molecular weight excluding hydrogens is 392 g/mol. The van der Waals surface area contributed by atoms with Crippen molar-refractivity contribution in [3.8, 4) is 17.2 Å². The van der Waals surface area contributed by atoms with Crippen LogP contribution < -0.4 is 5.56 Å². The summed E-state index contributed by atoms with van der Waals surface area (Å²) in [6.07, 6.45) is 7.74. The smallest absolute Gasteiger partial charge is 0.263 e. The largest absolute Gasteiger partial charge is 0.293 e. The van der Waals surface area contributed by atoms with Gasteiger partial charge in [-0.25, -0.2) is 4.98 Å². The molecular formula is C24H26N4OS. The van der Waals surface area contributed by atoms with Crippen LogP contribution in [-0.2, 0) is 13.1 Å². The Labute approximate surface area is 180 Å². The van der Waals surface area contributed by atoms with E-state index in [0.717, 1.165) is 34.2 Å². The first kappa shape index (κ1) is 19.5. The summed E-state index contributed by atoms with van der Waals surface area (Å²) < 4.78 is 1.61. The lowest BCUT2D eigenvalue weighted by atomic mass is 9.78. The highest BCUT2D eigenvalue weighted by Crippen LogP contribution is 2.36. The van der Waals surface area contributed by atoms with E-state index in [4.69, 9.17) is 4.98 Å². The van der Waals surface area contributed by atoms with Crippen LogP contribution in [-0.4, -0.2) is 27.0 Å². The first-order valence-corrected chi connectivity index (χ1v) is 11.8. The van der Waals surface area contributed by atoms with Crippen LogP contribution in [0.5, 0.6) is 0 Å². The lowest BCUT2D eigenvalue weighted by Crippen LogP contribution is -2.47. The number of nitrogens with zero attached hydrogens (tertiary/aromatic N) is 4. The van der Waals surface area contributed by atoms with Crippen LogP contribution in [0.25, 0.3) is 21.3 Å². The van der Waals surface area contributed by atoms with E-state index in [9.17, 15) is 10.1 Å². The van der Waals surface area contributed by atoms with E-state index in [-0.39, 0.29) is 12.1 Å². The molecule has 2 atom stereocenters. The number of thiophene rings is 1. The Morgan fingerprint density at radius 1 is 1.13 bits per heavy atom. The van der Waals surface area contributed by atoms with Crippen LogP contribution in [0, 0.1) is 17.2 Å². The predicted octanol–water partition coefficient (Wildman–Crippen LogP) is 4.80. The molecule has 1 saturated carbocycles. The van der Waals surface area contributed by atoms with E-state index in [0.29, 0.717) is 18.0 Å². The molecule has 0 unspecified atom stereocenters. The Bertz CT molecular complexity index is 1140. The van der Waals surface area contributed by atoms with Gasteiger partial charge in [-0.1, -0.05) is 43.2 Å². The van der Waals surface area contributed by atoms with Crippen LogP contribution in [0.2, 0.25) is 0 Å². The minimum absolute atomic E-state index is 0.0448. The number of fused-ring (bicyclic) bond motifs is 2. The summed E-state index contributed by atoms with van der Waals surface area (Å²) in [6, 6.07) is 12.7. The summed E-state index contributed by atoms with van der Waals surface area (Å²) in [6.45, 7) is 1.76. The molecule has 2 fully saturated rings. The number of benzene rings is 1. The van der Waals surface area contributed by atoms with Crippen LogP contribution in [0.15, 0.2) is 40.5 Å². The molecule has 5 nitrogen and oxygen atoms in total. The molecule has 30 heavy (non-hydrogen) atoms. The van der Waals surface area contributed by atoms with E-state index in [1.165, 1.54) is 49.9 Å². The van der Waals surface area contributed by atoms with Crippen molar-refractivity contribution in [1.29, 1.82) is 5.26 Å². The fourth-order valence-electron chi connectivity index (χ4n) is 5.36. The van der Waals surface area contributed by atoms with Gasteiger partial charge in [-0.05, 0) is 43.7 Å². The fourth-order valence-corrected chi connectivity index (χ4v) is 6.31. The van der Waals surface area contributed by atoms with Crippen molar-refractivity contribution in [2.24, 2.45) is 5.92 Å². The molecule has 1 saturated heterocycles. The van der Waals surface area contributed by atoms with Gasteiger partial charge in [-0.2, -0.15) is 5.26 Å². The summed E-state index contributed by atoms with van der Waals surface area (Å²) in [4.78, 5) is 21.7. The topological polar surface area (TPSA) is 61.9 Å². The third kappa shape index (κ3) is 3.46. The van der Waals surface area contributed by atoms with Gasteiger partial charge in [-0.3, -0.25) is 14.3 Å². The van der Waals surface area contributed by atoms with E-state index >= 15 is 0 Å². The maximum Gasteiger partial charge on any atom is 0.263 e. The lowest BCUT2D eigenvalue weighted by Gasteiger charge is -2.44. The standard InChI is InChI=1S/C24H26N4OS/c25-12-14-28-21(15-27-13-6-10-18-9-4-5-11-20(18)27)26-23-22(24(28)29)19(16-30-23)17-7-2-1-3-8-17/h1-3,7-8,16,18,20H,4-6,9-11,13-15H2/t18-,20-/m0/s1. The highest BCUT2D eigenvalue weighted by atomic mass is 32.1. The van der Waals surface area contributed by atoms with Crippen LogP contribution >= 0.6 is 11.3 Å². The average molecular weight is 419 g/mol. The van der Waals surface area contributed by atoms with Crippen LogP contribution in [0.4, 0.5) is 0 Å². The van der Waals surface area contributed by atoms with Gasteiger partial charge in [0.2, 0.25) is 0 Å². The number of aromatic nitrogens is 2. The summed E-state index contributed by atoms with van der Waals surface area (Å²) in [7, 11) is 0. The molecule has 5 rings (SSSR count). The molecule has 154 valence electrons. The Morgan fingerprint density at radius 3 is 2.77 bits per heavy atom. The summed E-state index contributed by atoms with van der Waals surface area (Å²) in [5.74, 6) is 1.51. The lowest BCUT2D eigenvalue weighted by molar-refractivity contribution is 0.0517. The van der Waals surface area contributed by atoms with E-state index in [2.05, 4.69) is 11.0 Å². The van der Waals surface area contributed by atoms with Gasteiger partial charge < -0.3 is 0 Å². The zero-order chi connectivity index (χ0) is 20.5.